The lowest BCUT2D eigenvalue weighted by atomic mass is 10.2. The van der Waals surface area contributed by atoms with Crippen molar-refractivity contribution < 1.29 is 14.7 Å². The highest BCUT2D eigenvalue weighted by Crippen LogP contribution is 2.17. The molecule has 0 aliphatic carbocycles. The number of amides is 1. The lowest BCUT2D eigenvalue weighted by Gasteiger charge is -2.21. The van der Waals surface area contributed by atoms with E-state index in [2.05, 4.69) is 5.32 Å². The lowest BCUT2D eigenvalue weighted by Crippen LogP contribution is -2.43. The molecule has 0 aromatic heterocycles. The quantitative estimate of drug-likeness (QED) is 0.839. The largest absolute Gasteiger partial charge is 0.480 e. The Morgan fingerprint density at radius 3 is 2.72 bits per heavy atom. The summed E-state index contributed by atoms with van der Waals surface area (Å²) in [6.07, 6.45) is 1.31. The molecule has 1 amide bonds. The second-order valence-corrected chi connectivity index (χ2v) is 4.30. The number of carboxylic acids is 1. The Morgan fingerprint density at radius 2 is 2.06 bits per heavy atom. The van der Waals surface area contributed by atoms with Crippen LogP contribution in [0.3, 0.4) is 0 Å². The van der Waals surface area contributed by atoms with Gasteiger partial charge in [-0.2, -0.15) is 0 Å². The summed E-state index contributed by atoms with van der Waals surface area (Å²) in [5, 5.41) is 12.0. The molecule has 1 aromatic carbocycles. The van der Waals surface area contributed by atoms with Crippen LogP contribution in [0.2, 0.25) is 0 Å². The Bertz CT molecular complexity index is 433. The zero-order valence-corrected chi connectivity index (χ0v) is 10.0. The van der Waals surface area contributed by atoms with E-state index in [1.165, 1.54) is 4.90 Å². The van der Waals surface area contributed by atoms with Crippen LogP contribution in [-0.4, -0.2) is 41.0 Å². The van der Waals surface area contributed by atoms with Gasteiger partial charge in [-0.15, -0.1) is 0 Å². The first-order valence-corrected chi connectivity index (χ1v) is 5.99. The summed E-state index contributed by atoms with van der Waals surface area (Å²) >= 11 is 0. The maximum absolute atomic E-state index is 11.9. The van der Waals surface area contributed by atoms with Crippen LogP contribution in [-0.2, 0) is 9.59 Å². The van der Waals surface area contributed by atoms with Gasteiger partial charge in [0.2, 0.25) is 5.91 Å². The summed E-state index contributed by atoms with van der Waals surface area (Å²) in [6.45, 7) is 0.667. The molecule has 2 rings (SSSR count). The number of hydrogen-bond acceptors (Lipinski definition) is 3. The Labute approximate surface area is 105 Å². The van der Waals surface area contributed by atoms with Crippen LogP contribution in [0, 0.1) is 0 Å². The van der Waals surface area contributed by atoms with Crippen LogP contribution in [0.4, 0.5) is 5.69 Å². The third-order valence-corrected chi connectivity index (χ3v) is 3.08. The molecule has 1 atom stereocenters. The van der Waals surface area contributed by atoms with Gasteiger partial charge in [0.15, 0.2) is 0 Å². The van der Waals surface area contributed by atoms with Crippen molar-refractivity contribution in [2.24, 2.45) is 0 Å². The Kier molecular flexibility index (Phi) is 3.82. The molecule has 0 saturated carbocycles. The lowest BCUT2D eigenvalue weighted by molar-refractivity contribution is -0.147. The number of aliphatic carboxylic acids is 1. The minimum atomic E-state index is -0.916. The van der Waals surface area contributed by atoms with E-state index < -0.39 is 12.0 Å². The summed E-state index contributed by atoms with van der Waals surface area (Å²) in [7, 11) is 0. The number of benzene rings is 1. The van der Waals surface area contributed by atoms with E-state index in [0.717, 1.165) is 12.1 Å². The SMILES string of the molecule is O=C(O)[C@H]1CCCN1C(=O)CNc1ccccc1. The monoisotopic (exact) mass is 248 g/mol. The van der Waals surface area contributed by atoms with Gasteiger partial charge in [-0.3, -0.25) is 4.79 Å². The Balaban J connectivity index is 1.90. The molecule has 1 aliphatic heterocycles. The van der Waals surface area contributed by atoms with Gasteiger partial charge in [-0.25, -0.2) is 4.79 Å². The number of hydrogen-bond donors (Lipinski definition) is 2. The van der Waals surface area contributed by atoms with Crippen molar-refractivity contribution in [2.45, 2.75) is 18.9 Å². The van der Waals surface area contributed by atoms with Crippen molar-refractivity contribution in [3.63, 3.8) is 0 Å². The van der Waals surface area contributed by atoms with E-state index in [1.54, 1.807) is 0 Å². The molecule has 5 heteroatoms. The zero-order valence-electron chi connectivity index (χ0n) is 10.0. The van der Waals surface area contributed by atoms with E-state index >= 15 is 0 Å². The minimum absolute atomic E-state index is 0.133. The molecule has 2 N–H and O–H groups in total. The average molecular weight is 248 g/mol. The third kappa shape index (κ3) is 2.80. The smallest absolute Gasteiger partial charge is 0.326 e. The number of rotatable bonds is 4. The number of carbonyl (C=O) groups is 2. The van der Waals surface area contributed by atoms with Gasteiger partial charge >= 0.3 is 5.97 Å². The molecule has 5 nitrogen and oxygen atoms in total. The second-order valence-electron chi connectivity index (χ2n) is 4.30. The van der Waals surface area contributed by atoms with E-state index in [1.807, 2.05) is 30.3 Å². The highest BCUT2D eigenvalue weighted by Gasteiger charge is 2.33. The number of nitrogens with one attached hydrogen (secondary N) is 1. The number of carboxylic acid groups (broad SMARTS) is 1. The Hall–Kier alpha value is -2.04. The first kappa shape index (κ1) is 12.4. The van der Waals surface area contributed by atoms with Crippen molar-refractivity contribution in [2.75, 3.05) is 18.4 Å². The summed E-state index contributed by atoms with van der Waals surface area (Å²) in [4.78, 5) is 24.4. The van der Waals surface area contributed by atoms with Gasteiger partial charge in [-0.05, 0) is 25.0 Å². The fourth-order valence-corrected chi connectivity index (χ4v) is 2.16. The molecule has 1 heterocycles. The van der Waals surface area contributed by atoms with E-state index in [0.29, 0.717) is 13.0 Å². The minimum Gasteiger partial charge on any atom is -0.480 e. The molecular weight excluding hydrogens is 232 g/mol. The van der Waals surface area contributed by atoms with Crippen molar-refractivity contribution in [3.8, 4) is 0 Å². The standard InChI is InChI=1S/C13H16N2O3/c16-12(9-14-10-5-2-1-3-6-10)15-8-4-7-11(15)13(17)18/h1-3,5-6,11,14H,4,7-9H2,(H,17,18)/t11-/m1/s1. The Morgan fingerprint density at radius 1 is 1.33 bits per heavy atom. The molecule has 0 bridgehead atoms. The first-order valence-electron chi connectivity index (χ1n) is 5.99. The maximum Gasteiger partial charge on any atom is 0.326 e. The summed E-state index contributed by atoms with van der Waals surface area (Å²) < 4.78 is 0. The molecule has 18 heavy (non-hydrogen) atoms. The summed E-state index contributed by atoms with van der Waals surface area (Å²) in [5.74, 6) is -1.08. The highest BCUT2D eigenvalue weighted by molar-refractivity contribution is 5.86. The first-order chi connectivity index (χ1) is 8.68. The van der Waals surface area contributed by atoms with Crippen LogP contribution in [0.25, 0.3) is 0 Å². The van der Waals surface area contributed by atoms with Crippen LogP contribution >= 0.6 is 0 Å². The number of nitrogens with zero attached hydrogens (tertiary/aromatic N) is 1. The fraction of sp³-hybridized carbons (Fsp3) is 0.385. The van der Waals surface area contributed by atoms with Gasteiger partial charge in [0.05, 0.1) is 6.54 Å². The predicted octanol–water partition coefficient (Wildman–Crippen LogP) is 1.17. The van der Waals surface area contributed by atoms with Gasteiger partial charge in [0.1, 0.15) is 6.04 Å². The van der Waals surface area contributed by atoms with E-state index in [4.69, 9.17) is 5.11 Å². The van der Waals surface area contributed by atoms with Crippen molar-refractivity contribution in [1.82, 2.24) is 4.90 Å². The fourth-order valence-electron chi connectivity index (χ4n) is 2.16. The number of anilines is 1. The van der Waals surface area contributed by atoms with E-state index in [9.17, 15) is 9.59 Å². The third-order valence-electron chi connectivity index (χ3n) is 3.08. The van der Waals surface area contributed by atoms with Crippen LogP contribution < -0.4 is 5.32 Å². The highest BCUT2D eigenvalue weighted by atomic mass is 16.4. The van der Waals surface area contributed by atoms with Crippen LogP contribution in [0.1, 0.15) is 12.8 Å². The average Bonchev–Trinajstić information content (AvgIpc) is 2.86. The van der Waals surface area contributed by atoms with Crippen molar-refractivity contribution in [3.05, 3.63) is 30.3 Å². The van der Waals surface area contributed by atoms with Gasteiger partial charge < -0.3 is 15.3 Å². The zero-order chi connectivity index (χ0) is 13.0. The maximum atomic E-state index is 11.9. The molecule has 1 fully saturated rings. The summed E-state index contributed by atoms with van der Waals surface area (Å²) in [5.41, 5.74) is 0.858. The second kappa shape index (κ2) is 5.53. The number of likely N-dealkylation sites (tertiary alicyclic amines) is 1. The molecule has 0 unspecified atom stereocenters. The normalized spacial score (nSPS) is 18.7. The molecule has 1 saturated heterocycles. The molecule has 0 radical (unpaired) electrons. The molecule has 0 spiro atoms. The molecule has 1 aliphatic rings. The number of carbonyl (C=O) groups excluding carboxylic acids is 1. The molecule has 96 valence electrons. The van der Waals surface area contributed by atoms with E-state index in [-0.39, 0.29) is 12.5 Å². The molecule has 1 aromatic rings. The number of para-hydroxylation sites is 1. The topological polar surface area (TPSA) is 69.6 Å². The predicted molar refractivity (Wildman–Crippen MR) is 67.3 cm³/mol. The van der Waals surface area contributed by atoms with Crippen LogP contribution in [0.15, 0.2) is 30.3 Å². The van der Waals surface area contributed by atoms with Gasteiger partial charge in [-0.1, -0.05) is 18.2 Å². The van der Waals surface area contributed by atoms with Gasteiger partial charge in [0.25, 0.3) is 0 Å². The van der Waals surface area contributed by atoms with Gasteiger partial charge in [0, 0.05) is 12.2 Å². The van der Waals surface area contributed by atoms with Crippen molar-refractivity contribution in [1.29, 1.82) is 0 Å². The van der Waals surface area contributed by atoms with Crippen LogP contribution in [0.5, 0.6) is 0 Å². The van der Waals surface area contributed by atoms with Crippen molar-refractivity contribution >= 4 is 17.6 Å². The summed E-state index contributed by atoms with van der Waals surface area (Å²) in [6, 6.07) is 8.73. The molecular formula is C13H16N2O3.